The molecule has 1 atom stereocenters. The molecule has 1 saturated heterocycles. The molecule has 0 spiro atoms. The van der Waals surface area contributed by atoms with Gasteiger partial charge in [-0.15, -0.1) is 0 Å². The molecule has 2 aromatic rings. The van der Waals surface area contributed by atoms with Crippen molar-refractivity contribution in [3.8, 4) is 5.75 Å². The number of methoxy groups -OCH3 is 1. The van der Waals surface area contributed by atoms with Crippen LogP contribution in [0.4, 0.5) is 0 Å². The van der Waals surface area contributed by atoms with Crippen LogP contribution in [0.15, 0.2) is 39.9 Å². The molecule has 1 aliphatic rings. The number of nitrogens with zero attached hydrogens (tertiary/aromatic N) is 3. The number of nitrogens with one attached hydrogen (secondary N) is 1. The Morgan fingerprint density at radius 2 is 1.67 bits per heavy atom. The molecule has 1 N–H and O–H groups in total. The lowest BCUT2D eigenvalue weighted by atomic mass is 10.0. The Morgan fingerprint density at radius 1 is 1.03 bits per heavy atom. The number of carbonyl (C=O) groups excluding carboxylic acids is 1. The molecule has 0 saturated carbocycles. The van der Waals surface area contributed by atoms with Gasteiger partial charge in [0.2, 0.25) is 0 Å². The smallest absolute Gasteiger partial charge is 0.331 e. The van der Waals surface area contributed by atoms with Gasteiger partial charge in [0.05, 0.1) is 13.2 Å². The second-order valence-electron chi connectivity index (χ2n) is 7.72. The molecule has 30 heavy (non-hydrogen) atoms. The summed E-state index contributed by atoms with van der Waals surface area (Å²) in [5, 5.41) is 2.94. The first-order chi connectivity index (χ1) is 14.4. The number of rotatable bonds is 6. The number of aromatic nitrogens is 2. The summed E-state index contributed by atoms with van der Waals surface area (Å²) in [6.45, 7) is 2.32. The molecule has 1 amide bonds. The summed E-state index contributed by atoms with van der Waals surface area (Å²) in [5.41, 5.74) is 0.137. The summed E-state index contributed by atoms with van der Waals surface area (Å²) in [5.74, 6) is 0.355. The minimum Gasteiger partial charge on any atom is -0.497 e. The first kappa shape index (κ1) is 21.8. The fourth-order valence-corrected chi connectivity index (χ4v) is 3.92. The quantitative estimate of drug-likeness (QED) is 0.773. The zero-order valence-electron chi connectivity index (χ0n) is 17.9. The Bertz CT molecular complexity index is 986. The van der Waals surface area contributed by atoms with E-state index in [2.05, 4.69) is 10.2 Å². The van der Waals surface area contributed by atoms with Crippen LogP contribution >= 0.6 is 0 Å². The van der Waals surface area contributed by atoms with E-state index in [0.29, 0.717) is 6.54 Å². The lowest BCUT2D eigenvalue weighted by Crippen LogP contribution is -2.43. The number of ether oxygens (including phenoxy) is 1. The van der Waals surface area contributed by atoms with E-state index in [1.807, 2.05) is 24.3 Å². The first-order valence-corrected chi connectivity index (χ1v) is 10.4. The van der Waals surface area contributed by atoms with Gasteiger partial charge in [-0.2, -0.15) is 0 Å². The lowest BCUT2D eigenvalue weighted by molar-refractivity contribution is 0.0923. The molecule has 8 heteroatoms. The highest BCUT2D eigenvalue weighted by molar-refractivity contribution is 5.92. The van der Waals surface area contributed by atoms with Gasteiger partial charge >= 0.3 is 5.69 Å². The van der Waals surface area contributed by atoms with E-state index in [0.717, 1.165) is 41.8 Å². The van der Waals surface area contributed by atoms with Crippen LogP contribution in [0.3, 0.4) is 0 Å². The van der Waals surface area contributed by atoms with E-state index in [-0.39, 0.29) is 11.7 Å². The van der Waals surface area contributed by atoms with Gasteiger partial charge in [-0.1, -0.05) is 25.0 Å². The van der Waals surface area contributed by atoms with Crippen LogP contribution in [0.5, 0.6) is 5.75 Å². The maximum Gasteiger partial charge on any atom is 0.331 e. The molecule has 1 aliphatic heterocycles. The molecule has 1 fully saturated rings. The average molecular weight is 415 g/mol. The zero-order valence-corrected chi connectivity index (χ0v) is 17.9. The second-order valence-corrected chi connectivity index (χ2v) is 7.72. The predicted molar refractivity (Wildman–Crippen MR) is 115 cm³/mol. The fraction of sp³-hybridized carbons (Fsp3) is 0.500. The number of hydrogen-bond donors (Lipinski definition) is 1. The van der Waals surface area contributed by atoms with Gasteiger partial charge in [0.15, 0.2) is 0 Å². The predicted octanol–water partition coefficient (Wildman–Crippen LogP) is 1.44. The summed E-state index contributed by atoms with van der Waals surface area (Å²) >= 11 is 0. The van der Waals surface area contributed by atoms with Crippen molar-refractivity contribution in [3.63, 3.8) is 0 Å². The first-order valence-electron chi connectivity index (χ1n) is 10.4. The van der Waals surface area contributed by atoms with Gasteiger partial charge in [-0.25, -0.2) is 4.79 Å². The van der Waals surface area contributed by atoms with Gasteiger partial charge in [-0.3, -0.25) is 23.6 Å². The van der Waals surface area contributed by atoms with Gasteiger partial charge in [0.25, 0.3) is 11.5 Å². The van der Waals surface area contributed by atoms with Crippen molar-refractivity contribution >= 4 is 5.91 Å². The Hall–Kier alpha value is -2.87. The highest BCUT2D eigenvalue weighted by Crippen LogP contribution is 2.25. The van der Waals surface area contributed by atoms with Crippen LogP contribution in [0.25, 0.3) is 0 Å². The van der Waals surface area contributed by atoms with E-state index in [4.69, 9.17) is 4.74 Å². The van der Waals surface area contributed by atoms with E-state index in [9.17, 15) is 14.4 Å². The van der Waals surface area contributed by atoms with Gasteiger partial charge in [0.1, 0.15) is 11.4 Å². The average Bonchev–Trinajstić information content (AvgIpc) is 3.04. The molecule has 3 rings (SSSR count). The van der Waals surface area contributed by atoms with Gasteiger partial charge in [0, 0.05) is 26.7 Å². The van der Waals surface area contributed by atoms with Crippen molar-refractivity contribution in [2.75, 3.05) is 26.7 Å². The SMILES string of the molecule is COc1ccc(C(CNC(=O)c2cc(=O)n(C)c(=O)n2C)N2CCCCCC2)cc1. The molecule has 1 aromatic carbocycles. The molecule has 1 unspecified atom stereocenters. The number of amides is 1. The van der Waals surface area contributed by atoms with E-state index in [1.54, 1.807) is 7.11 Å². The molecule has 2 heterocycles. The minimum absolute atomic E-state index is 0.00142. The van der Waals surface area contributed by atoms with Crippen LogP contribution in [0, 0.1) is 0 Å². The third kappa shape index (κ3) is 4.81. The number of carbonyl (C=O) groups is 1. The topological polar surface area (TPSA) is 85.6 Å². The van der Waals surface area contributed by atoms with E-state index in [1.165, 1.54) is 37.6 Å². The standard InChI is InChI=1S/C22H30N4O4/c1-24-18(14-20(27)25(2)22(24)29)21(28)23-15-19(26-12-6-4-5-7-13-26)16-8-10-17(30-3)11-9-16/h8-11,14,19H,4-7,12-13,15H2,1-3H3,(H,23,28). The Balaban J connectivity index is 1.83. The largest absolute Gasteiger partial charge is 0.497 e. The van der Waals surface area contributed by atoms with Gasteiger partial charge < -0.3 is 10.1 Å². The summed E-state index contributed by atoms with van der Waals surface area (Å²) in [7, 11) is 4.52. The maximum atomic E-state index is 12.8. The summed E-state index contributed by atoms with van der Waals surface area (Å²) < 4.78 is 7.45. The van der Waals surface area contributed by atoms with E-state index < -0.39 is 17.2 Å². The van der Waals surface area contributed by atoms with Crippen LogP contribution in [-0.2, 0) is 14.1 Å². The van der Waals surface area contributed by atoms with Crippen molar-refractivity contribution in [1.29, 1.82) is 0 Å². The van der Waals surface area contributed by atoms with E-state index >= 15 is 0 Å². The van der Waals surface area contributed by atoms with Crippen LogP contribution < -0.4 is 21.3 Å². The molecule has 162 valence electrons. The van der Waals surface area contributed by atoms with Crippen molar-refractivity contribution in [2.24, 2.45) is 14.1 Å². The van der Waals surface area contributed by atoms with Crippen LogP contribution in [-0.4, -0.2) is 46.7 Å². The third-order valence-corrected chi connectivity index (χ3v) is 5.80. The maximum absolute atomic E-state index is 12.8. The monoisotopic (exact) mass is 414 g/mol. The molecule has 1 aromatic heterocycles. The van der Waals surface area contributed by atoms with Crippen molar-refractivity contribution in [2.45, 2.75) is 31.7 Å². The Labute approximate surface area is 176 Å². The van der Waals surface area contributed by atoms with Crippen molar-refractivity contribution in [1.82, 2.24) is 19.4 Å². The normalized spacial score (nSPS) is 16.0. The molecular formula is C22H30N4O4. The third-order valence-electron chi connectivity index (χ3n) is 5.80. The highest BCUT2D eigenvalue weighted by Gasteiger charge is 2.23. The molecule has 0 radical (unpaired) electrons. The molecule has 0 bridgehead atoms. The Kier molecular flexibility index (Phi) is 7.10. The lowest BCUT2D eigenvalue weighted by Gasteiger charge is -2.31. The minimum atomic E-state index is -0.521. The van der Waals surface area contributed by atoms with Crippen LogP contribution in [0.1, 0.15) is 47.8 Å². The fourth-order valence-electron chi connectivity index (χ4n) is 3.92. The second kappa shape index (κ2) is 9.75. The van der Waals surface area contributed by atoms with Crippen LogP contribution in [0.2, 0.25) is 0 Å². The Morgan fingerprint density at radius 3 is 2.27 bits per heavy atom. The molecule has 8 nitrogen and oxygen atoms in total. The number of hydrogen-bond acceptors (Lipinski definition) is 5. The molecular weight excluding hydrogens is 384 g/mol. The summed E-state index contributed by atoms with van der Waals surface area (Å²) in [6.07, 6.45) is 4.69. The zero-order chi connectivity index (χ0) is 21.7. The molecule has 0 aliphatic carbocycles. The summed E-state index contributed by atoms with van der Waals surface area (Å²) in [6, 6.07) is 9.09. The number of benzene rings is 1. The highest BCUT2D eigenvalue weighted by atomic mass is 16.5. The summed E-state index contributed by atoms with van der Waals surface area (Å²) in [4.78, 5) is 39.3. The number of likely N-dealkylation sites (tertiary alicyclic amines) is 1. The van der Waals surface area contributed by atoms with Gasteiger partial charge in [-0.05, 0) is 43.6 Å². The van der Waals surface area contributed by atoms with Crippen molar-refractivity contribution in [3.05, 3.63) is 62.4 Å². The van der Waals surface area contributed by atoms with Crippen molar-refractivity contribution < 1.29 is 9.53 Å².